The van der Waals surface area contributed by atoms with Crippen LogP contribution in [0, 0.1) is 0 Å². The molecule has 0 heterocycles. The van der Waals surface area contributed by atoms with Gasteiger partial charge in [-0.2, -0.15) is 0 Å². The minimum Gasteiger partial charge on any atom is -0.394 e. The molecule has 4 heteroatoms. The van der Waals surface area contributed by atoms with Gasteiger partial charge in [0.05, 0.1) is 12.1 Å². The Balaban J connectivity index is 1.95. The summed E-state index contributed by atoms with van der Waals surface area (Å²) < 4.78 is 0.982. The van der Waals surface area contributed by atoms with Crippen LogP contribution in [0.5, 0.6) is 0 Å². The predicted molar refractivity (Wildman–Crippen MR) is 75.0 cm³/mol. The Kier molecular flexibility index (Phi) is 4.19. The molecule has 0 atom stereocenters. The number of aliphatic hydroxyl groups excluding tert-OH is 1. The van der Waals surface area contributed by atoms with Gasteiger partial charge in [0.25, 0.3) is 0 Å². The zero-order valence-corrected chi connectivity index (χ0v) is 11.6. The number of carbonyl (C=O) groups excluding carboxylic acids is 1. The van der Waals surface area contributed by atoms with Crippen LogP contribution in [0.15, 0.2) is 34.8 Å². The summed E-state index contributed by atoms with van der Waals surface area (Å²) in [5.41, 5.74) is 0.588. The Morgan fingerprint density at radius 2 is 2.28 bits per heavy atom. The van der Waals surface area contributed by atoms with Gasteiger partial charge in [-0.15, -0.1) is 0 Å². The van der Waals surface area contributed by atoms with Crippen LogP contribution in [0.25, 0.3) is 6.08 Å². The summed E-state index contributed by atoms with van der Waals surface area (Å²) in [5.74, 6) is -0.149. The Bertz CT molecular complexity index is 461. The molecule has 0 unspecified atom stereocenters. The van der Waals surface area contributed by atoms with Crippen LogP contribution in [0.2, 0.25) is 0 Å². The van der Waals surface area contributed by atoms with E-state index in [0.717, 1.165) is 29.3 Å². The van der Waals surface area contributed by atoms with Crippen molar-refractivity contribution in [3.8, 4) is 0 Å². The van der Waals surface area contributed by atoms with Crippen molar-refractivity contribution in [2.24, 2.45) is 0 Å². The Hall–Kier alpha value is -1.13. The molecule has 1 fully saturated rings. The number of carbonyl (C=O) groups is 1. The maximum atomic E-state index is 11.7. The van der Waals surface area contributed by atoms with Crippen LogP contribution < -0.4 is 5.32 Å². The third-order valence-electron chi connectivity index (χ3n) is 3.28. The van der Waals surface area contributed by atoms with Crippen LogP contribution in [-0.4, -0.2) is 23.2 Å². The van der Waals surface area contributed by atoms with E-state index in [2.05, 4.69) is 21.2 Å². The van der Waals surface area contributed by atoms with Crippen molar-refractivity contribution in [1.82, 2.24) is 5.32 Å². The van der Waals surface area contributed by atoms with Gasteiger partial charge in [0.2, 0.25) is 5.91 Å². The molecule has 96 valence electrons. The number of hydrogen-bond donors (Lipinski definition) is 2. The molecule has 1 aromatic carbocycles. The van der Waals surface area contributed by atoms with Crippen molar-refractivity contribution in [3.63, 3.8) is 0 Å². The number of hydrogen-bond acceptors (Lipinski definition) is 2. The second kappa shape index (κ2) is 5.67. The molecule has 0 saturated heterocycles. The van der Waals surface area contributed by atoms with Crippen LogP contribution in [0.4, 0.5) is 0 Å². The summed E-state index contributed by atoms with van der Waals surface area (Å²) in [6.07, 6.45) is 6.07. The fraction of sp³-hybridized carbons (Fsp3) is 0.357. The number of aliphatic hydroxyl groups is 1. The molecule has 0 aromatic heterocycles. The van der Waals surface area contributed by atoms with Crippen molar-refractivity contribution in [1.29, 1.82) is 0 Å². The van der Waals surface area contributed by atoms with E-state index in [1.807, 2.05) is 24.3 Å². The van der Waals surface area contributed by atoms with Crippen molar-refractivity contribution >= 4 is 27.9 Å². The fourth-order valence-electron chi connectivity index (χ4n) is 2.01. The molecule has 1 saturated carbocycles. The van der Waals surface area contributed by atoms with Gasteiger partial charge in [0.15, 0.2) is 0 Å². The lowest BCUT2D eigenvalue weighted by Crippen LogP contribution is -2.55. The maximum Gasteiger partial charge on any atom is 0.244 e. The molecule has 0 bridgehead atoms. The van der Waals surface area contributed by atoms with E-state index in [0.29, 0.717) is 0 Å². The summed E-state index contributed by atoms with van der Waals surface area (Å²) in [7, 11) is 0. The summed E-state index contributed by atoms with van der Waals surface area (Å²) in [6, 6.07) is 7.73. The number of nitrogens with one attached hydrogen (secondary N) is 1. The summed E-state index contributed by atoms with van der Waals surface area (Å²) >= 11 is 3.38. The van der Waals surface area contributed by atoms with E-state index in [4.69, 9.17) is 0 Å². The smallest absolute Gasteiger partial charge is 0.244 e. The normalized spacial score (nSPS) is 17.4. The molecule has 0 aliphatic heterocycles. The molecule has 3 nitrogen and oxygen atoms in total. The summed E-state index contributed by atoms with van der Waals surface area (Å²) in [6.45, 7) is 0.0173. The average Bonchev–Trinajstić information content (AvgIpc) is 2.31. The fourth-order valence-corrected chi connectivity index (χ4v) is 2.43. The van der Waals surface area contributed by atoms with Gasteiger partial charge in [0, 0.05) is 10.5 Å². The van der Waals surface area contributed by atoms with E-state index < -0.39 is 0 Å². The molecule has 2 rings (SSSR count). The molecular formula is C14H16BrNO2. The third-order valence-corrected chi connectivity index (χ3v) is 3.77. The SMILES string of the molecule is O=C(/C=C/c1cccc(Br)c1)NC1(CO)CCC1. The first kappa shape index (κ1) is 13.3. The minimum atomic E-state index is -0.376. The van der Waals surface area contributed by atoms with Gasteiger partial charge >= 0.3 is 0 Å². The van der Waals surface area contributed by atoms with E-state index in [1.54, 1.807) is 6.08 Å². The van der Waals surface area contributed by atoms with Crippen LogP contribution in [0.3, 0.4) is 0 Å². The average molecular weight is 310 g/mol. The quantitative estimate of drug-likeness (QED) is 0.840. The first-order chi connectivity index (χ1) is 8.63. The van der Waals surface area contributed by atoms with Crippen molar-refractivity contribution in [2.45, 2.75) is 24.8 Å². The standard InChI is InChI=1S/C14H16BrNO2/c15-12-4-1-3-11(9-12)5-6-13(18)16-14(10-17)7-2-8-14/h1,3-6,9,17H,2,7-8,10H2,(H,16,18)/b6-5+. The lowest BCUT2D eigenvalue weighted by molar-refractivity contribution is -0.120. The van der Waals surface area contributed by atoms with Gasteiger partial charge in [-0.25, -0.2) is 0 Å². The van der Waals surface area contributed by atoms with Crippen LogP contribution in [0.1, 0.15) is 24.8 Å². The van der Waals surface area contributed by atoms with Gasteiger partial charge in [-0.1, -0.05) is 28.1 Å². The topological polar surface area (TPSA) is 49.3 Å². The highest BCUT2D eigenvalue weighted by Gasteiger charge is 2.37. The largest absolute Gasteiger partial charge is 0.394 e. The summed E-state index contributed by atoms with van der Waals surface area (Å²) in [5, 5.41) is 12.1. The minimum absolute atomic E-state index is 0.0173. The first-order valence-corrected chi connectivity index (χ1v) is 6.80. The number of benzene rings is 1. The zero-order valence-electron chi connectivity index (χ0n) is 10.0. The summed E-state index contributed by atoms with van der Waals surface area (Å²) in [4.78, 5) is 11.7. The number of rotatable bonds is 4. The van der Waals surface area contributed by atoms with E-state index in [9.17, 15) is 9.90 Å². The van der Waals surface area contributed by atoms with Gasteiger partial charge in [-0.3, -0.25) is 4.79 Å². The molecule has 18 heavy (non-hydrogen) atoms. The van der Waals surface area contributed by atoms with E-state index >= 15 is 0 Å². The zero-order chi connectivity index (χ0) is 13.0. The van der Waals surface area contributed by atoms with E-state index in [1.165, 1.54) is 6.08 Å². The highest BCUT2D eigenvalue weighted by molar-refractivity contribution is 9.10. The van der Waals surface area contributed by atoms with Crippen molar-refractivity contribution < 1.29 is 9.90 Å². The molecule has 1 aliphatic carbocycles. The molecule has 1 aliphatic rings. The Morgan fingerprint density at radius 1 is 1.50 bits per heavy atom. The lowest BCUT2D eigenvalue weighted by atomic mass is 9.77. The highest BCUT2D eigenvalue weighted by Crippen LogP contribution is 2.31. The Morgan fingerprint density at radius 3 is 2.83 bits per heavy atom. The predicted octanol–water partition coefficient (Wildman–Crippen LogP) is 2.49. The molecular weight excluding hydrogens is 294 g/mol. The monoisotopic (exact) mass is 309 g/mol. The van der Waals surface area contributed by atoms with Gasteiger partial charge in [0.1, 0.15) is 0 Å². The number of amides is 1. The number of halogens is 1. The Labute approximate surface area is 115 Å². The van der Waals surface area contributed by atoms with Crippen LogP contribution >= 0.6 is 15.9 Å². The van der Waals surface area contributed by atoms with Gasteiger partial charge in [-0.05, 0) is 43.0 Å². The molecule has 0 radical (unpaired) electrons. The molecule has 0 spiro atoms. The molecule has 1 amide bonds. The molecule has 1 aromatic rings. The van der Waals surface area contributed by atoms with Crippen LogP contribution in [-0.2, 0) is 4.79 Å². The highest BCUT2D eigenvalue weighted by atomic mass is 79.9. The van der Waals surface area contributed by atoms with E-state index in [-0.39, 0.29) is 18.1 Å². The lowest BCUT2D eigenvalue weighted by Gasteiger charge is -2.40. The van der Waals surface area contributed by atoms with Crippen molar-refractivity contribution in [3.05, 3.63) is 40.4 Å². The first-order valence-electron chi connectivity index (χ1n) is 6.00. The second-order valence-corrected chi connectivity index (χ2v) is 5.59. The van der Waals surface area contributed by atoms with Crippen molar-refractivity contribution in [2.75, 3.05) is 6.61 Å². The molecule has 2 N–H and O–H groups in total. The second-order valence-electron chi connectivity index (χ2n) is 4.67. The third kappa shape index (κ3) is 3.21. The maximum absolute atomic E-state index is 11.7. The van der Waals surface area contributed by atoms with Gasteiger partial charge < -0.3 is 10.4 Å².